The highest BCUT2D eigenvalue weighted by Gasteiger charge is 1.96. The van der Waals surface area contributed by atoms with Crippen LogP contribution in [0.2, 0.25) is 0 Å². The third-order valence-electron chi connectivity index (χ3n) is 1.41. The SMILES string of the molecule is CCCn1ccnc1CS. The minimum absolute atomic E-state index is 0.729. The van der Waals surface area contributed by atoms with Crippen LogP contribution in [0.3, 0.4) is 0 Å². The lowest BCUT2D eigenvalue weighted by atomic mass is 10.5. The van der Waals surface area contributed by atoms with E-state index in [0.29, 0.717) is 0 Å². The third kappa shape index (κ3) is 1.53. The first-order chi connectivity index (χ1) is 4.88. The van der Waals surface area contributed by atoms with Crippen LogP contribution in [0.5, 0.6) is 0 Å². The molecule has 1 aromatic heterocycles. The minimum atomic E-state index is 0.729. The molecule has 0 aliphatic heterocycles. The number of thiol groups is 1. The van der Waals surface area contributed by atoms with E-state index in [0.717, 1.165) is 24.5 Å². The van der Waals surface area contributed by atoms with Crippen LogP contribution in [0.4, 0.5) is 0 Å². The van der Waals surface area contributed by atoms with Crippen molar-refractivity contribution in [3.8, 4) is 0 Å². The van der Waals surface area contributed by atoms with E-state index in [1.165, 1.54) is 0 Å². The molecule has 2 nitrogen and oxygen atoms in total. The van der Waals surface area contributed by atoms with Crippen molar-refractivity contribution in [1.82, 2.24) is 9.55 Å². The van der Waals surface area contributed by atoms with Gasteiger partial charge in [0.05, 0.1) is 0 Å². The maximum Gasteiger partial charge on any atom is 0.118 e. The molecule has 0 fully saturated rings. The monoisotopic (exact) mass is 156 g/mol. The van der Waals surface area contributed by atoms with Gasteiger partial charge in [-0.15, -0.1) is 0 Å². The average molecular weight is 156 g/mol. The maximum absolute atomic E-state index is 4.16. The summed E-state index contributed by atoms with van der Waals surface area (Å²) in [4.78, 5) is 4.14. The van der Waals surface area contributed by atoms with Crippen LogP contribution in [-0.4, -0.2) is 9.55 Å². The van der Waals surface area contributed by atoms with Crippen LogP contribution in [0.25, 0.3) is 0 Å². The summed E-state index contributed by atoms with van der Waals surface area (Å²) in [6.07, 6.45) is 4.97. The smallest absolute Gasteiger partial charge is 0.118 e. The van der Waals surface area contributed by atoms with Crippen molar-refractivity contribution in [2.45, 2.75) is 25.6 Å². The zero-order valence-electron chi connectivity index (χ0n) is 6.12. The summed E-state index contributed by atoms with van der Waals surface area (Å²) in [5.41, 5.74) is 0. The van der Waals surface area contributed by atoms with Gasteiger partial charge in [0.2, 0.25) is 0 Å². The Bertz CT molecular complexity index is 195. The van der Waals surface area contributed by atoms with Gasteiger partial charge < -0.3 is 4.57 Å². The van der Waals surface area contributed by atoms with Crippen molar-refractivity contribution < 1.29 is 0 Å². The van der Waals surface area contributed by atoms with Crippen LogP contribution < -0.4 is 0 Å². The zero-order valence-corrected chi connectivity index (χ0v) is 7.01. The Morgan fingerprint density at radius 3 is 3.10 bits per heavy atom. The fraction of sp³-hybridized carbons (Fsp3) is 0.571. The van der Waals surface area contributed by atoms with Crippen molar-refractivity contribution in [2.24, 2.45) is 0 Å². The molecule has 1 heterocycles. The quantitative estimate of drug-likeness (QED) is 0.660. The van der Waals surface area contributed by atoms with Gasteiger partial charge >= 0.3 is 0 Å². The molecule has 1 aromatic rings. The highest BCUT2D eigenvalue weighted by Crippen LogP contribution is 2.01. The Kier molecular flexibility index (Phi) is 2.81. The summed E-state index contributed by atoms with van der Waals surface area (Å²) in [6.45, 7) is 3.21. The second kappa shape index (κ2) is 3.66. The summed E-state index contributed by atoms with van der Waals surface area (Å²) < 4.78 is 2.13. The van der Waals surface area contributed by atoms with Crippen molar-refractivity contribution >= 4 is 12.6 Å². The molecule has 0 aliphatic carbocycles. The van der Waals surface area contributed by atoms with E-state index in [9.17, 15) is 0 Å². The normalized spacial score (nSPS) is 10.2. The largest absolute Gasteiger partial charge is 0.334 e. The lowest BCUT2D eigenvalue weighted by molar-refractivity contribution is 0.655. The lowest BCUT2D eigenvalue weighted by Gasteiger charge is -2.01. The standard InChI is InChI=1S/C7H12N2S/c1-2-4-9-5-3-8-7(9)6-10/h3,5,10H,2,4,6H2,1H3. The van der Waals surface area contributed by atoms with E-state index in [1.54, 1.807) is 0 Å². The zero-order chi connectivity index (χ0) is 7.40. The van der Waals surface area contributed by atoms with Crippen molar-refractivity contribution in [3.63, 3.8) is 0 Å². The van der Waals surface area contributed by atoms with E-state index in [4.69, 9.17) is 0 Å². The highest BCUT2D eigenvalue weighted by atomic mass is 32.1. The van der Waals surface area contributed by atoms with Gasteiger partial charge in [0.15, 0.2) is 0 Å². The van der Waals surface area contributed by atoms with Crippen molar-refractivity contribution in [3.05, 3.63) is 18.2 Å². The van der Waals surface area contributed by atoms with Gasteiger partial charge in [-0.05, 0) is 6.42 Å². The number of nitrogens with zero attached hydrogens (tertiary/aromatic N) is 2. The summed E-state index contributed by atoms with van der Waals surface area (Å²) in [5.74, 6) is 1.79. The van der Waals surface area contributed by atoms with Crippen molar-refractivity contribution in [1.29, 1.82) is 0 Å². The molecule has 56 valence electrons. The summed E-state index contributed by atoms with van der Waals surface area (Å²) in [5, 5.41) is 0. The van der Waals surface area contributed by atoms with E-state index in [1.807, 2.05) is 12.4 Å². The van der Waals surface area contributed by atoms with Gasteiger partial charge in [-0.25, -0.2) is 4.98 Å². The molecule has 0 unspecified atom stereocenters. The van der Waals surface area contributed by atoms with Gasteiger partial charge in [-0.1, -0.05) is 6.92 Å². The molecule has 0 aliphatic rings. The van der Waals surface area contributed by atoms with Crippen molar-refractivity contribution in [2.75, 3.05) is 0 Å². The van der Waals surface area contributed by atoms with Crippen LogP contribution in [0.15, 0.2) is 12.4 Å². The van der Waals surface area contributed by atoms with E-state index in [2.05, 4.69) is 29.1 Å². The van der Waals surface area contributed by atoms with Gasteiger partial charge in [0.25, 0.3) is 0 Å². The Morgan fingerprint density at radius 2 is 2.50 bits per heavy atom. The molecule has 3 heteroatoms. The van der Waals surface area contributed by atoms with E-state index >= 15 is 0 Å². The van der Waals surface area contributed by atoms with Crippen LogP contribution in [-0.2, 0) is 12.3 Å². The first-order valence-electron chi connectivity index (χ1n) is 3.49. The summed E-state index contributed by atoms with van der Waals surface area (Å²) in [7, 11) is 0. The topological polar surface area (TPSA) is 17.8 Å². The lowest BCUT2D eigenvalue weighted by Crippen LogP contribution is -1.99. The maximum atomic E-state index is 4.16. The number of rotatable bonds is 3. The third-order valence-corrected chi connectivity index (χ3v) is 1.69. The molecular weight excluding hydrogens is 144 g/mol. The van der Waals surface area contributed by atoms with Crippen LogP contribution in [0.1, 0.15) is 19.2 Å². The molecule has 1 rings (SSSR count). The highest BCUT2D eigenvalue weighted by molar-refractivity contribution is 7.79. The molecule has 0 saturated carbocycles. The van der Waals surface area contributed by atoms with Crippen LogP contribution in [0, 0.1) is 0 Å². The summed E-state index contributed by atoms with van der Waals surface area (Å²) in [6, 6.07) is 0. The average Bonchev–Trinajstić information content (AvgIpc) is 2.36. The number of hydrogen-bond donors (Lipinski definition) is 1. The Hall–Kier alpha value is -0.440. The first kappa shape index (κ1) is 7.66. The Labute approximate surface area is 66.7 Å². The molecule has 0 N–H and O–H groups in total. The van der Waals surface area contributed by atoms with Gasteiger partial charge in [0.1, 0.15) is 5.82 Å². The summed E-state index contributed by atoms with van der Waals surface area (Å²) >= 11 is 4.16. The Balaban J connectivity index is 2.70. The molecule has 0 amide bonds. The van der Waals surface area contributed by atoms with Gasteiger partial charge in [-0.3, -0.25) is 0 Å². The van der Waals surface area contributed by atoms with Gasteiger partial charge in [0, 0.05) is 24.7 Å². The predicted molar refractivity (Wildman–Crippen MR) is 45.2 cm³/mol. The number of aromatic nitrogens is 2. The molecule has 0 saturated heterocycles. The number of aryl methyl sites for hydroxylation is 1. The van der Waals surface area contributed by atoms with Crippen LogP contribution >= 0.6 is 12.6 Å². The number of hydrogen-bond acceptors (Lipinski definition) is 2. The second-order valence-corrected chi connectivity index (χ2v) is 2.51. The molecule has 0 aromatic carbocycles. The van der Waals surface area contributed by atoms with Gasteiger partial charge in [-0.2, -0.15) is 12.6 Å². The molecule has 0 atom stereocenters. The van der Waals surface area contributed by atoms with E-state index < -0.39 is 0 Å². The molecule has 10 heavy (non-hydrogen) atoms. The Morgan fingerprint density at radius 1 is 1.70 bits per heavy atom. The van der Waals surface area contributed by atoms with E-state index in [-0.39, 0.29) is 0 Å². The first-order valence-corrected chi connectivity index (χ1v) is 4.12. The molecule has 0 spiro atoms. The number of imidazole rings is 1. The fourth-order valence-corrected chi connectivity index (χ4v) is 1.20. The molecule has 0 radical (unpaired) electrons. The minimum Gasteiger partial charge on any atom is -0.334 e. The predicted octanol–water partition coefficient (Wildman–Crippen LogP) is 1.72. The molecule has 0 bridgehead atoms. The molecular formula is C7H12N2S. The fourth-order valence-electron chi connectivity index (χ4n) is 0.936. The second-order valence-electron chi connectivity index (χ2n) is 2.19.